The molecule has 7 heteroatoms. The molecule has 1 aromatic rings. The molecule has 0 spiro atoms. The van der Waals surface area contributed by atoms with Crippen molar-refractivity contribution >= 4 is 13.5 Å². The monoisotopic (exact) mass is 314 g/mol. The van der Waals surface area contributed by atoms with Gasteiger partial charge in [0.2, 0.25) is 5.91 Å². The van der Waals surface area contributed by atoms with Crippen LogP contribution in [0.25, 0.3) is 0 Å². The van der Waals surface area contributed by atoms with Crippen molar-refractivity contribution in [1.82, 2.24) is 5.32 Å². The van der Waals surface area contributed by atoms with Crippen LogP contribution in [0.3, 0.4) is 0 Å². The Labute approximate surface area is 125 Å². The minimum absolute atomic E-state index is 0.0465. The molecule has 0 bridgehead atoms. The fourth-order valence-corrected chi connectivity index (χ4v) is 3.35. The first-order valence-electron chi connectivity index (χ1n) is 6.95. The highest BCUT2D eigenvalue weighted by Gasteiger charge is 2.26. The van der Waals surface area contributed by atoms with Crippen LogP contribution in [0.1, 0.15) is 19.4 Å². The summed E-state index contributed by atoms with van der Waals surface area (Å²) in [5.41, 5.74) is 6.36. The topological polar surface area (TPSA) is 90.6 Å². The molecule has 0 aromatic heterocycles. The summed E-state index contributed by atoms with van der Waals surface area (Å²) in [7, 11) is -3.24. The normalized spacial score (nSPS) is 13.0. The smallest absolute Gasteiger partial charge is 0.344 e. The number of nitrogens with two attached hydrogens (primary N) is 1. The third-order valence-electron chi connectivity index (χ3n) is 2.81. The summed E-state index contributed by atoms with van der Waals surface area (Å²) in [6.45, 7) is 4.03. The quantitative estimate of drug-likeness (QED) is 0.644. The van der Waals surface area contributed by atoms with Crippen LogP contribution in [0.4, 0.5) is 0 Å². The van der Waals surface area contributed by atoms with E-state index in [4.69, 9.17) is 14.8 Å². The summed E-state index contributed by atoms with van der Waals surface area (Å²) in [6.07, 6.45) is 0.379. The third-order valence-corrected chi connectivity index (χ3v) is 4.68. The number of amides is 1. The molecule has 1 atom stereocenters. The number of nitrogens with one attached hydrogen (secondary N) is 1. The van der Waals surface area contributed by atoms with Gasteiger partial charge in [-0.1, -0.05) is 30.3 Å². The molecule has 0 aliphatic carbocycles. The van der Waals surface area contributed by atoms with E-state index in [1.165, 1.54) is 0 Å². The minimum atomic E-state index is -3.24. The molecule has 6 nitrogen and oxygen atoms in total. The Kier molecular flexibility index (Phi) is 7.61. The fraction of sp³-hybridized carbons (Fsp3) is 0.500. The molecule has 1 rings (SSSR count). The van der Waals surface area contributed by atoms with Gasteiger partial charge in [0.1, 0.15) is 0 Å². The van der Waals surface area contributed by atoms with Gasteiger partial charge in [-0.25, -0.2) is 0 Å². The number of carbonyl (C=O) groups excluding carboxylic acids is 1. The number of benzene rings is 1. The van der Waals surface area contributed by atoms with Crippen molar-refractivity contribution in [2.24, 2.45) is 5.73 Å². The largest absolute Gasteiger partial charge is 0.368 e. The van der Waals surface area contributed by atoms with Crippen LogP contribution in [-0.4, -0.2) is 31.4 Å². The highest BCUT2D eigenvalue weighted by atomic mass is 31.2. The van der Waals surface area contributed by atoms with Crippen LogP contribution in [0.2, 0.25) is 0 Å². The van der Waals surface area contributed by atoms with Gasteiger partial charge in [0.25, 0.3) is 0 Å². The number of hydrogen-bond acceptors (Lipinski definition) is 5. The zero-order chi connectivity index (χ0) is 15.7. The van der Waals surface area contributed by atoms with Gasteiger partial charge in [-0.3, -0.25) is 14.7 Å². The Morgan fingerprint density at radius 2 is 1.81 bits per heavy atom. The van der Waals surface area contributed by atoms with E-state index >= 15 is 0 Å². The van der Waals surface area contributed by atoms with Gasteiger partial charge in [0.15, 0.2) is 0 Å². The Balaban J connectivity index is 2.66. The molecule has 1 aromatic carbocycles. The van der Waals surface area contributed by atoms with Gasteiger partial charge in [0.05, 0.1) is 25.5 Å². The van der Waals surface area contributed by atoms with Crippen molar-refractivity contribution in [2.75, 3.05) is 19.5 Å². The molecule has 0 aliphatic heterocycles. The Bertz CT molecular complexity index is 471. The molecule has 0 unspecified atom stereocenters. The molecule has 3 N–H and O–H groups in total. The average Bonchev–Trinajstić information content (AvgIpc) is 2.45. The summed E-state index contributed by atoms with van der Waals surface area (Å²) < 4.78 is 22.7. The second-order valence-electron chi connectivity index (χ2n) is 4.45. The van der Waals surface area contributed by atoms with Crippen LogP contribution in [-0.2, 0) is 24.8 Å². The zero-order valence-corrected chi connectivity index (χ0v) is 13.3. The van der Waals surface area contributed by atoms with Crippen LogP contribution in [0.5, 0.6) is 0 Å². The van der Waals surface area contributed by atoms with E-state index in [-0.39, 0.29) is 19.5 Å². The summed E-state index contributed by atoms with van der Waals surface area (Å²) in [5, 5.41) is 2.89. The SMILES string of the molecule is CCOP(=O)(CN[C@@H](Cc1ccccc1)C(N)=O)OCC. The van der Waals surface area contributed by atoms with E-state index < -0.39 is 19.5 Å². The van der Waals surface area contributed by atoms with Crippen LogP contribution in [0, 0.1) is 0 Å². The molecular formula is C14H23N2O4P. The van der Waals surface area contributed by atoms with Gasteiger partial charge < -0.3 is 14.8 Å². The second-order valence-corrected chi connectivity index (χ2v) is 6.51. The maximum atomic E-state index is 12.3. The van der Waals surface area contributed by atoms with Crippen molar-refractivity contribution in [3.05, 3.63) is 35.9 Å². The van der Waals surface area contributed by atoms with E-state index in [2.05, 4.69) is 5.32 Å². The molecule has 0 heterocycles. The molecule has 21 heavy (non-hydrogen) atoms. The minimum Gasteiger partial charge on any atom is -0.368 e. The average molecular weight is 314 g/mol. The van der Waals surface area contributed by atoms with E-state index in [9.17, 15) is 9.36 Å². The first kappa shape index (κ1) is 17.9. The number of primary amides is 1. The van der Waals surface area contributed by atoms with E-state index in [1.807, 2.05) is 30.3 Å². The maximum absolute atomic E-state index is 12.3. The van der Waals surface area contributed by atoms with E-state index in [0.29, 0.717) is 6.42 Å². The predicted molar refractivity (Wildman–Crippen MR) is 82.0 cm³/mol. The molecular weight excluding hydrogens is 291 g/mol. The van der Waals surface area contributed by atoms with Gasteiger partial charge in [-0.05, 0) is 25.8 Å². The molecule has 1 amide bonds. The molecule has 0 fully saturated rings. The van der Waals surface area contributed by atoms with E-state index in [0.717, 1.165) is 5.56 Å². The maximum Gasteiger partial charge on any atom is 0.344 e. The van der Waals surface area contributed by atoms with Crippen molar-refractivity contribution in [3.63, 3.8) is 0 Å². The van der Waals surface area contributed by atoms with Crippen molar-refractivity contribution in [1.29, 1.82) is 0 Å². The first-order valence-corrected chi connectivity index (χ1v) is 8.68. The van der Waals surface area contributed by atoms with Gasteiger partial charge in [0, 0.05) is 0 Å². The number of hydrogen-bond donors (Lipinski definition) is 2. The first-order chi connectivity index (χ1) is 10.0. The van der Waals surface area contributed by atoms with Crippen molar-refractivity contribution in [2.45, 2.75) is 26.3 Å². The second kappa shape index (κ2) is 8.95. The lowest BCUT2D eigenvalue weighted by Crippen LogP contribution is -2.43. The van der Waals surface area contributed by atoms with Crippen molar-refractivity contribution < 1.29 is 18.4 Å². The number of rotatable bonds is 10. The Morgan fingerprint density at radius 3 is 2.29 bits per heavy atom. The summed E-state index contributed by atoms with van der Waals surface area (Å²) in [5.74, 6) is -0.501. The standard InChI is InChI=1S/C14H23N2O4P/c1-3-19-21(18,20-4-2)11-16-13(14(15)17)10-12-8-6-5-7-9-12/h5-9,13,16H,3-4,10-11H2,1-2H3,(H2,15,17)/t13-/m0/s1. The molecule has 118 valence electrons. The van der Waals surface area contributed by atoms with Crippen molar-refractivity contribution in [3.8, 4) is 0 Å². The lowest BCUT2D eigenvalue weighted by atomic mass is 10.1. The van der Waals surface area contributed by atoms with Crippen LogP contribution in [0.15, 0.2) is 30.3 Å². The molecule has 0 radical (unpaired) electrons. The Morgan fingerprint density at radius 1 is 1.24 bits per heavy atom. The number of carbonyl (C=O) groups is 1. The zero-order valence-electron chi connectivity index (χ0n) is 12.5. The molecule has 0 saturated carbocycles. The van der Waals surface area contributed by atoms with Crippen LogP contribution >= 0.6 is 7.60 Å². The fourth-order valence-electron chi connectivity index (χ4n) is 1.87. The predicted octanol–water partition coefficient (Wildman–Crippen LogP) is 1.90. The molecule has 0 aliphatic rings. The highest BCUT2D eigenvalue weighted by molar-refractivity contribution is 7.53. The molecule has 0 saturated heterocycles. The highest BCUT2D eigenvalue weighted by Crippen LogP contribution is 2.46. The summed E-state index contributed by atoms with van der Waals surface area (Å²) >= 11 is 0. The van der Waals surface area contributed by atoms with E-state index in [1.54, 1.807) is 13.8 Å². The Hall–Kier alpha value is -1.20. The lowest BCUT2D eigenvalue weighted by molar-refractivity contribution is -0.119. The summed E-state index contributed by atoms with van der Waals surface area (Å²) in [4.78, 5) is 11.5. The van der Waals surface area contributed by atoms with Gasteiger partial charge >= 0.3 is 7.60 Å². The summed E-state index contributed by atoms with van der Waals surface area (Å²) in [6, 6.07) is 8.86. The van der Waals surface area contributed by atoms with Gasteiger partial charge in [-0.15, -0.1) is 0 Å². The third kappa shape index (κ3) is 6.40. The van der Waals surface area contributed by atoms with Crippen LogP contribution < -0.4 is 11.1 Å². The van der Waals surface area contributed by atoms with Gasteiger partial charge in [-0.2, -0.15) is 0 Å². The lowest BCUT2D eigenvalue weighted by Gasteiger charge is -2.21.